The minimum atomic E-state index is -0.0167. The fourth-order valence-electron chi connectivity index (χ4n) is 2.70. The van der Waals surface area contributed by atoms with Gasteiger partial charge in [-0.2, -0.15) is 0 Å². The molecule has 24 heavy (non-hydrogen) atoms. The molecular weight excluding hydrogens is 318 g/mol. The Kier molecular flexibility index (Phi) is 5.31. The van der Waals surface area contributed by atoms with Gasteiger partial charge < -0.3 is 10.6 Å². The van der Waals surface area contributed by atoms with Crippen molar-refractivity contribution in [1.29, 1.82) is 0 Å². The Morgan fingerprint density at radius 2 is 2.00 bits per heavy atom. The van der Waals surface area contributed by atoms with Crippen molar-refractivity contribution in [2.75, 3.05) is 13.1 Å². The Balaban J connectivity index is 1.60. The molecule has 5 heteroatoms. The summed E-state index contributed by atoms with van der Waals surface area (Å²) in [4.78, 5) is 17.9. The van der Waals surface area contributed by atoms with Crippen molar-refractivity contribution in [3.63, 3.8) is 0 Å². The van der Waals surface area contributed by atoms with Crippen molar-refractivity contribution < 1.29 is 4.79 Å². The van der Waals surface area contributed by atoms with Gasteiger partial charge >= 0.3 is 0 Å². The summed E-state index contributed by atoms with van der Waals surface area (Å²) < 4.78 is 0. The van der Waals surface area contributed by atoms with E-state index in [2.05, 4.69) is 46.8 Å². The molecule has 1 amide bonds. The summed E-state index contributed by atoms with van der Waals surface area (Å²) in [6.07, 6.45) is 2.60. The average molecular weight is 343 g/mol. The van der Waals surface area contributed by atoms with Crippen LogP contribution < -0.4 is 10.6 Å². The zero-order valence-corrected chi connectivity index (χ0v) is 15.4. The van der Waals surface area contributed by atoms with E-state index in [4.69, 9.17) is 0 Å². The first kappa shape index (κ1) is 17.1. The maximum atomic E-state index is 12.1. The average Bonchev–Trinajstić information content (AvgIpc) is 3.28. The molecular formula is C19H25N3OS. The number of hydrogen-bond acceptors (Lipinski definition) is 4. The Morgan fingerprint density at radius 1 is 1.29 bits per heavy atom. The SMILES string of the molecule is Cc1ccc(-c2nc(C)c(C(C)NC(=O)CNCC3CC3)s2)cc1. The van der Waals surface area contributed by atoms with Crippen LogP contribution in [0.1, 0.15) is 41.9 Å². The smallest absolute Gasteiger partial charge is 0.234 e. The van der Waals surface area contributed by atoms with E-state index < -0.39 is 0 Å². The molecule has 2 N–H and O–H groups in total. The Morgan fingerprint density at radius 3 is 2.67 bits per heavy atom. The van der Waals surface area contributed by atoms with Crippen LogP contribution in [0.5, 0.6) is 0 Å². The van der Waals surface area contributed by atoms with Crippen LogP contribution in [-0.2, 0) is 4.79 Å². The zero-order chi connectivity index (χ0) is 17.1. The summed E-state index contributed by atoms with van der Waals surface area (Å²) in [5.74, 6) is 0.837. The van der Waals surface area contributed by atoms with Crippen molar-refractivity contribution in [2.45, 2.75) is 39.7 Å². The minimum Gasteiger partial charge on any atom is -0.348 e. The first-order valence-electron chi connectivity index (χ1n) is 8.57. The van der Waals surface area contributed by atoms with E-state index in [0.29, 0.717) is 6.54 Å². The van der Waals surface area contributed by atoms with Gasteiger partial charge in [-0.05, 0) is 46.1 Å². The summed E-state index contributed by atoms with van der Waals surface area (Å²) >= 11 is 1.66. The van der Waals surface area contributed by atoms with Crippen LogP contribution in [-0.4, -0.2) is 24.0 Å². The maximum absolute atomic E-state index is 12.1. The number of thiazole rings is 1. The Bertz CT molecular complexity index is 704. The summed E-state index contributed by atoms with van der Waals surface area (Å²) in [5, 5.41) is 7.31. The summed E-state index contributed by atoms with van der Waals surface area (Å²) in [5.41, 5.74) is 3.37. The molecule has 2 aromatic rings. The molecule has 128 valence electrons. The molecule has 1 unspecified atom stereocenters. The summed E-state index contributed by atoms with van der Waals surface area (Å²) in [6.45, 7) is 7.47. The van der Waals surface area contributed by atoms with Gasteiger partial charge in [-0.15, -0.1) is 11.3 Å². The molecule has 1 fully saturated rings. The number of rotatable bonds is 7. The highest BCUT2D eigenvalue weighted by Crippen LogP contribution is 2.32. The molecule has 0 spiro atoms. The highest BCUT2D eigenvalue weighted by Gasteiger charge is 2.21. The van der Waals surface area contributed by atoms with Gasteiger partial charge in [-0.3, -0.25) is 4.79 Å². The molecule has 1 aromatic heterocycles. The predicted molar refractivity (Wildman–Crippen MR) is 99.2 cm³/mol. The molecule has 0 radical (unpaired) electrons. The second-order valence-corrected chi connectivity index (χ2v) is 7.73. The quantitative estimate of drug-likeness (QED) is 0.807. The van der Waals surface area contributed by atoms with Gasteiger partial charge in [-0.1, -0.05) is 29.8 Å². The molecule has 3 rings (SSSR count). The number of benzene rings is 1. The first-order chi connectivity index (χ1) is 11.5. The van der Waals surface area contributed by atoms with E-state index >= 15 is 0 Å². The van der Waals surface area contributed by atoms with Crippen LogP contribution in [0.25, 0.3) is 10.6 Å². The molecule has 1 atom stereocenters. The fourth-order valence-corrected chi connectivity index (χ4v) is 3.77. The Labute approximate surface area is 147 Å². The van der Waals surface area contributed by atoms with Crippen molar-refractivity contribution in [3.8, 4) is 10.6 Å². The summed E-state index contributed by atoms with van der Waals surface area (Å²) in [6, 6.07) is 8.38. The highest BCUT2D eigenvalue weighted by molar-refractivity contribution is 7.15. The number of aromatic nitrogens is 1. The first-order valence-corrected chi connectivity index (χ1v) is 9.39. The molecule has 1 aliphatic carbocycles. The lowest BCUT2D eigenvalue weighted by Crippen LogP contribution is -2.36. The number of carbonyl (C=O) groups excluding carboxylic acids is 1. The number of nitrogens with one attached hydrogen (secondary N) is 2. The number of carbonyl (C=O) groups is 1. The van der Waals surface area contributed by atoms with E-state index in [1.165, 1.54) is 18.4 Å². The van der Waals surface area contributed by atoms with Gasteiger partial charge in [-0.25, -0.2) is 4.98 Å². The number of aryl methyl sites for hydroxylation is 2. The van der Waals surface area contributed by atoms with Crippen molar-refractivity contribution >= 4 is 17.2 Å². The van der Waals surface area contributed by atoms with Crippen LogP contribution in [0.4, 0.5) is 0 Å². The minimum absolute atomic E-state index is 0.0167. The van der Waals surface area contributed by atoms with Gasteiger partial charge in [0.2, 0.25) is 5.91 Å². The lowest BCUT2D eigenvalue weighted by molar-refractivity contribution is -0.120. The lowest BCUT2D eigenvalue weighted by Gasteiger charge is -2.13. The molecule has 4 nitrogen and oxygen atoms in total. The van der Waals surface area contributed by atoms with Crippen LogP contribution in [0.3, 0.4) is 0 Å². The molecule has 0 saturated heterocycles. The van der Waals surface area contributed by atoms with E-state index in [1.807, 2.05) is 13.8 Å². The molecule has 1 aromatic carbocycles. The lowest BCUT2D eigenvalue weighted by atomic mass is 10.2. The third-order valence-corrected chi connectivity index (χ3v) is 5.71. The van der Waals surface area contributed by atoms with Crippen LogP contribution >= 0.6 is 11.3 Å². The van der Waals surface area contributed by atoms with Crippen molar-refractivity contribution in [2.24, 2.45) is 5.92 Å². The molecule has 0 bridgehead atoms. The van der Waals surface area contributed by atoms with Gasteiger partial charge in [0.15, 0.2) is 0 Å². The topological polar surface area (TPSA) is 54.0 Å². The molecule has 1 aliphatic rings. The van der Waals surface area contributed by atoms with Crippen LogP contribution in [0.2, 0.25) is 0 Å². The highest BCUT2D eigenvalue weighted by atomic mass is 32.1. The number of hydrogen-bond donors (Lipinski definition) is 2. The van der Waals surface area contributed by atoms with E-state index in [1.54, 1.807) is 11.3 Å². The third-order valence-electron chi connectivity index (χ3n) is 4.32. The summed E-state index contributed by atoms with van der Waals surface area (Å²) in [7, 11) is 0. The maximum Gasteiger partial charge on any atom is 0.234 e. The van der Waals surface area contributed by atoms with Crippen LogP contribution in [0.15, 0.2) is 24.3 Å². The molecule has 0 aliphatic heterocycles. The second-order valence-electron chi connectivity index (χ2n) is 6.70. The number of nitrogens with zero attached hydrogens (tertiary/aromatic N) is 1. The Hall–Kier alpha value is -1.72. The van der Waals surface area contributed by atoms with E-state index in [9.17, 15) is 4.79 Å². The molecule has 1 heterocycles. The monoisotopic (exact) mass is 343 g/mol. The van der Waals surface area contributed by atoms with Gasteiger partial charge in [0.25, 0.3) is 0 Å². The fraction of sp³-hybridized carbons (Fsp3) is 0.474. The third kappa shape index (κ3) is 4.42. The van der Waals surface area contributed by atoms with Gasteiger partial charge in [0.05, 0.1) is 23.2 Å². The largest absolute Gasteiger partial charge is 0.348 e. The number of amides is 1. The normalized spacial score (nSPS) is 15.3. The standard InChI is InChI=1S/C19H25N3OS/c1-12-4-8-16(9-5-12)19-22-14(3)18(24-19)13(2)21-17(23)11-20-10-15-6-7-15/h4-5,8-9,13,15,20H,6-7,10-11H2,1-3H3,(H,21,23). The van der Waals surface area contributed by atoms with Crippen molar-refractivity contribution in [1.82, 2.24) is 15.6 Å². The molecule has 1 saturated carbocycles. The van der Waals surface area contributed by atoms with Gasteiger partial charge in [0, 0.05) is 5.56 Å². The zero-order valence-electron chi connectivity index (χ0n) is 14.6. The second kappa shape index (κ2) is 7.45. The van der Waals surface area contributed by atoms with E-state index in [-0.39, 0.29) is 11.9 Å². The van der Waals surface area contributed by atoms with E-state index in [0.717, 1.165) is 33.6 Å². The van der Waals surface area contributed by atoms with Crippen LogP contribution in [0, 0.1) is 19.8 Å². The van der Waals surface area contributed by atoms with Gasteiger partial charge in [0.1, 0.15) is 5.01 Å². The predicted octanol–water partition coefficient (Wildman–Crippen LogP) is 3.60. The van der Waals surface area contributed by atoms with Crippen molar-refractivity contribution in [3.05, 3.63) is 40.4 Å².